The first-order chi connectivity index (χ1) is 5.85. The summed E-state index contributed by atoms with van der Waals surface area (Å²) < 4.78 is 5.69. The molecule has 0 aromatic carbocycles. The predicted octanol–water partition coefficient (Wildman–Crippen LogP) is 3.55. The van der Waals surface area contributed by atoms with Crippen LogP contribution in [0, 0.1) is 0 Å². The fourth-order valence-electron chi connectivity index (χ4n) is 1.10. The van der Waals surface area contributed by atoms with Gasteiger partial charge in [0.25, 0.3) is 0 Å². The number of hydrogen-bond acceptors (Lipinski definition) is 1. The first-order valence-corrected chi connectivity index (χ1v) is 5.07. The van der Waals surface area contributed by atoms with Crippen molar-refractivity contribution in [1.29, 1.82) is 0 Å². The molecule has 0 amide bonds. The van der Waals surface area contributed by atoms with Crippen LogP contribution in [0.1, 0.15) is 46.0 Å². The third-order valence-electron chi connectivity index (χ3n) is 2.00. The Balaban J connectivity index is 3.32. The number of ether oxygens (including phenoxy) is 1. The summed E-state index contributed by atoms with van der Waals surface area (Å²) in [4.78, 5) is 0. The molecular weight excluding hydrogens is 148 g/mol. The van der Waals surface area contributed by atoms with Gasteiger partial charge < -0.3 is 4.74 Å². The van der Waals surface area contributed by atoms with E-state index in [0.717, 1.165) is 25.9 Å². The molecule has 1 unspecified atom stereocenters. The molecule has 0 aromatic heterocycles. The Hall–Kier alpha value is -0.300. The highest BCUT2D eigenvalue weighted by Gasteiger charge is 2.03. The minimum absolute atomic E-state index is 0.453. The average molecular weight is 170 g/mol. The molecule has 0 saturated heterocycles. The van der Waals surface area contributed by atoms with E-state index in [-0.39, 0.29) is 0 Å². The van der Waals surface area contributed by atoms with Gasteiger partial charge in [0.05, 0.1) is 6.10 Å². The molecule has 0 radical (unpaired) electrons. The zero-order chi connectivity index (χ0) is 9.23. The van der Waals surface area contributed by atoms with Crippen LogP contribution in [0.4, 0.5) is 0 Å². The van der Waals surface area contributed by atoms with E-state index in [1.54, 1.807) is 0 Å². The van der Waals surface area contributed by atoms with Crippen LogP contribution < -0.4 is 0 Å². The Morgan fingerprint density at radius 2 is 2.17 bits per heavy atom. The molecule has 1 atom stereocenters. The Bertz CT molecular complexity index is 99.2. The monoisotopic (exact) mass is 170 g/mol. The van der Waals surface area contributed by atoms with Gasteiger partial charge in [0.15, 0.2) is 0 Å². The molecule has 0 bridgehead atoms. The molecule has 0 aliphatic heterocycles. The smallest absolute Gasteiger partial charge is 0.0575 e. The summed E-state index contributed by atoms with van der Waals surface area (Å²) in [7, 11) is 0. The summed E-state index contributed by atoms with van der Waals surface area (Å²) in [6.45, 7) is 9.00. The lowest BCUT2D eigenvalue weighted by molar-refractivity contribution is 0.0439. The van der Waals surface area contributed by atoms with E-state index in [4.69, 9.17) is 4.74 Å². The molecule has 72 valence electrons. The zero-order valence-electron chi connectivity index (χ0n) is 8.51. The van der Waals surface area contributed by atoms with Gasteiger partial charge in [0, 0.05) is 6.61 Å². The SMILES string of the molecule is C=CCCC(CC)OCCCC. The van der Waals surface area contributed by atoms with Gasteiger partial charge in [-0.1, -0.05) is 26.3 Å². The molecule has 0 N–H and O–H groups in total. The van der Waals surface area contributed by atoms with Crippen LogP contribution in [0.15, 0.2) is 12.7 Å². The largest absolute Gasteiger partial charge is 0.378 e. The van der Waals surface area contributed by atoms with E-state index in [1.807, 2.05) is 6.08 Å². The molecule has 1 nitrogen and oxygen atoms in total. The summed E-state index contributed by atoms with van der Waals surface area (Å²) in [5.41, 5.74) is 0. The first-order valence-electron chi connectivity index (χ1n) is 5.07. The van der Waals surface area contributed by atoms with E-state index in [2.05, 4.69) is 20.4 Å². The summed E-state index contributed by atoms with van der Waals surface area (Å²) >= 11 is 0. The normalized spacial score (nSPS) is 12.8. The van der Waals surface area contributed by atoms with Crippen molar-refractivity contribution in [3.05, 3.63) is 12.7 Å². The van der Waals surface area contributed by atoms with Crippen LogP contribution in [0.25, 0.3) is 0 Å². The van der Waals surface area contributed by atoms with Gasteiger partial charge >= 0.3 is 0 Å². The third-order valence-corrected chi connectivity index (χ3v) is 2.00. The second kappa shape index (κ2) is 8.79. The van der Waals surface area contributed by atoms with Crippen molar-refractivity contribution in [2.75, 3.05) is 6.61 Å². The van der Waals surface area contributed by atoms with Crippen molar-refractivity contribution in [3.8, 4) is 0 Å². The van der Waals surface area contributed by atoms with Crippen LogP contribution in [0.2, 0.25) is 0 Å². The number of rotatable bonds is 8. The molecule has 0 heterocycles. The fourth-order valence-corrected chi connectivity index (χ4v) is 1.10. The van der Waals surface area contributed by atoms with Crippen LogP contribution >= 0.6 is 0 Å². The molecule has 0 aromatic rings. The molecule has 12 heavy (non-hydrogen) atoms. The van der Waals surface area contributed by atoms with Gasteiger partial charge in [-0.05, 0) is 25.7 Å². The minimum atomic E-state index is 0.453. The highest BCUT2D eigenvalue weighted by Crippen LogP contribution is 2.07. The van der Waals surface area contributed by atoms with Gasteiger partial charge in [-0.3, -0.25) is 0 Å². The van der Waals surface area contributed by atoms with E-state index in [1.165, 1.54) is 12.8 Å². The van der Waals surface area contributed by atoms with Crippen LogP contribution in [0.3, 0.4) is 0 Å². The van der Waals surface area contributed by atoms with Crippen molar-refractivity contribution >= 4 is 0 Å². The highest BCUT2D eigenvalue weighted by molar-refractivity contribution is 4.69. The van der Waals surface area contributed by atoms with Crippen molar-refractivity contribution in [3.63, 3.8) is 0 Å². The number of unbranched alkanes of at least 4 members (excludes halogenated alkanes) is 1. The lowest BCUT2D eigenvalue weighted by Gasteiger charge is -2.14. The fraction of sp³-hybridized carbons (Fsp3) is 0.818. The van der Waals surface area contributed by atoms with E-state index in [9.17, 15) is 0 Å². The van der Waals surface area contributed by atoms with Crippen LogP contribution in [-0.2, 0) is 4.74 Å². The standard InChI is InChI=1S/C11H22O/c1-4-7-9-11(6-3)12-10-8-5-2/h4,11H,1,5-10H2,2-3H3. The molecule has 0 fully saturated rings. The molecular formula is C11H22O. The number of allylic oxidation sites excluding steroid dienone is 1. The van der Waals surface area contributed by atoms with Crippen LogP contribution in [0.5, 0.6) is 0 Å². The number of hydrogen-bond donors (Lipinski definition) is 0. The van der Waals surface area contributed by atoms with Gasteiger partial charge in [-0.25, -0.2) is 0 Å². The molecule has 1 heteroatoms. The molecule has 0 aliphatic carbocycles. The maximum absolute atomic E-state index is 5.69. The van der Waals surface area contributed by atoms with Crippen molar-refractivity contribution in [2.24, 2.45) is 0 Å². The van der Waals surface area contributed by atoms with Crippen molar-refractivity contribution in [2.45, 2.75) is 52.1 Å². The quantitative estimate of drug-likeness (QED) is 0.400. The predicted molar refractivity (Wildman–Crippen MR) is 54.4 cm³/mol. The van der Waals surface area contributed by atoms with Gasteiger partial charge in [0.2, 0.25) is 0 Å². The highest BCUT2D eigenvalue weighted by atomic mass is 16.5. The summed E-state index contributed by atoms with van der Waals surface area (Å²) in [5.74, 6) is 0. The first kappa shape index (κ1) is 11.7. The molecule has 0 saturated carbocycles. The van der Waals surface area contributed by atoms with E-state index >= 15 is 0 Å². The van der Waals surface area contributed by atoms with Crippen LogP contribution in [-0.4, -0.2) is 12.7 Å². The Morgan fingerprint density at radius 1 is 1.42 bits per heavy atom. The lowest BCUT2D eigenvalue weighted by atomic mass is 10.1. The maximum atomic E-state index is 5.69. The molecule has 0 rings (SSSR count). The summed E-state index contributed by atoms with van der Waals surface area (Å²) in [6.07, 6.45) is 8.15. The maximum Gasteiger partial charge on any atom is 0.0575 e. The molecule has 0 aliphatic rings. The zero-order valence-corrected chi connectivity index (χ0v) is 8.51. The van der Waals surface area contributed by atoms with Gasteiger partial charge in [-0.15, -0.1) is 6.58 Å². The Labute approximate surface area is 76.8 Å². The topological polar surface area (TPSA) is 9.23 Å². The third kappa shape index (κ3) is 6.41. The summed E-state index contributed by atoms with van der Waals surface area (Å²) in [6, 6.07) is 0. The van der Waals surface area contributed by atoms with Gasteiger partial charge in [-0.2, -0.15) is 0 Å². The Kier molecular flexibility index (Phi) is 8.57. The lowest BCUT2D eigenvalue weighted by Crippen LogP contribution is -2.12. The second-order valence-corrected chi connectivity index (χ2v) is 3.12. The summed E-state index contributed by atoms with van der Waals surface area (Å²) in [5, 5.41) is 0. The molecule has 0 spiro atoms. The Morgan fingerprint density at radius 3 is 2.67 bits per heavy atom. The van der Waals surface area contributed by atoms with Gasteiger partial charge in [0.1, 0.15) is 0 Å². The van der Waals surface area contributed by atoms with Crippen molar-refractivity contribution in [1.82, 2.24) is 0 Å². The second-order valence-electron chi connectivity index (χ2n) is 3.12. The van der Waals surface area contributed by atoms with Crippen molar-refractivity contribution < 1.29 is 4.74 Å². The van der Waals surface area contributed by atoms with E-state index < -0.39 is 0 Å². The minimum Gasteiger partial charge on any atom is -0.378 e. The van der Waals surface area contributed by atoms with E-state index in [0.29, 0.717) is 6.10 Å². The average Bonchev–Trinajstić information content (AvgIpc) is 2.11.